The van der Waals surface area contributed by atoms with E-state index in [1.807, 2.05) is 13.2 Å². The number of urea groups is 1. The van der Waals surface area contributed by atoms with E-state index in [0.717, 1.165) is 5.56 Å². The van der Waals surface area contributed by atoms with Gasteiger partial charge < -0.3 is 14.9 Å². The van der Waals surface area contributed by atoms with Gasteiger partial charge in [-0.25, -0.2) is 4.79 Å². The fourth-order valence-electron chi connectivity index (χ4n) is 1.55. The number of carboxylic acid groups (broad SMARTS) is 1. The molecule has 1 aromatic rings. The molecule has 1 N–H and O–H groups in total. The molecule has 0 aromatic carbocycles. The Kier molecular flexibility index (Phi) is 4.70. The average molecular weight is 254 g/mol. The summed E-state index contributed by atoms with van der Waals surface area (Å²) >= 11 is 0. The summed E-state index contributed by atoms with van der Waals surface area (Å²) in [6.45, 7) is 0.648. The average Bonchev–Trinajstić information content (AvgIpc) is 2.70. The van der Waals surface area contributed by atoms with E-state index in [0.29, 0.717) is 6.54 Å². The molecule has 0 saturated heterocycles. The summed E-state index contributed by atoms with van der Waals surface area (Å²) in [6, 6.07) is -0.208. The van der Waals surface area contributed by atoms with Crippen molar-refractivity contribution in [3.05, 3.63) is 18.0 Å². The Morgan fingerprint density at radius 1 is 1.39 bits per heavy atom. The van der Waals surface area contributed by atoms with E-state index in [1.54, 1.807) is 25.0 Å². The first kappa shape index (κ1) is 14.0. The smallest absolute Gasteiger partial charge is 0.319 e. The topological polar surface area (TPSA) is 78.7 Å². The van der Waals surface area contributed by atoms with Crippen molar-refractivity contribution in [2.24, 2.45) is 7.05 Å². The number of nitrogens with zero attached hydrogens (tertiary/aromatic N) is 4. The first-order valence-corrected chi connectivity index (χ1v) is 5.55. The van der Waals surface area contributed by atoms with Crippen molar-refractivity contribution in [3.63, 3.8) is 0 Å². The number of aliphatic carboxylic acids is 1. The van der Waals surface area contributed by atoms with Crippen LogP contribution in [-0.4, -0.2) is 57.3 Å². The fourth-order valence-corrected chi connectivity index (χ4v) is 1.55. The SMILES string of the molecule is CN(CCC(=O)O)C(=O)N(C)Cc1cnn(C)c1. The zero-order valence-corrected chi connectivity index (χ0v) is 10.8. The quantitative estimate of drug-likeness (QED) is 0.823. The van der Waals surface area contributed by atoms with Gasteiger partial charge in [0.05, 0.1) is 19.2 Å². The number of hydrogen-bond donors (Lipinski definition) is 1. The summed E-state index contributed by atoms with van der Waals surface area (Å²) in [5, 5.41) is 12.6. The molecule has 0 atom stereocenters. The van der Waals surface area contributed by atoms with Crippen LogP contribution in [0.2, 0.25) is 0 Å². The second-order valence-electron chi connectivity index (χ2n) is 4.23. The molecule has 0 spiro atoms. The van der Waals surface area contributed by atoms with Gasteiger partial charge in [0.1, 0.15) is 0 Å². The minimum atomic E-state index is -0.912. The Morgan fingerprint density at radius 3 is 2.56 bits per heavy atom. The van der Waals surface area contributed by atoms with Crippen LogP contribution in [-0.2, 0) is 18.4 Å². The van der Waals surface area contributed by atoms with Gasteiger partial charge in [0.2, 0.25) is 0 Å². The predicted molar refractivity (Wildman–Crippen MR) is 65.0 cm³/mol. The van der Waals surface area contributed by atoms with Gasteiger partial charge in [-0.1, -0.05) is 0 Å². The molecule has 0 aliphatic carbocycles. The second-order valence-corrected chi connectivity index (χ2v) is 4.23. The normalized spacial score (nSPS) is 10.2. The van der Waals surface area contributed by atoms with Crippen LogP contribution in [0, 0.1) is 0 Å². The molecule has 2 amide bonds. The van der Waals surface area contributed by atoms with E-state index in [9.17, 15) is 9.59 Å². The van der Waals surface area contributed by atoms with Gasteiger partial charge in [-0.15, -0.1) is 0 Å². The molecule has 0 radical (unpaired) electrons. The number of rotatable bonds is 5. The molecule has 0 aliphatic heterocycles. The van der Waals surface area contributed by atoms with Crippen LogP contribution in [0.4, 0.5) is 4.79 Å². The largest absolute Gasteiger partial charge is 0.481 e. The number of carbonyl (C=O) groups is 2. The Bertz CT molecular complexity index is 430. The maximum atomic E-state index is 11.9. The van der Waals surface area contributed by atoms with Crippen molar-refractivity contribution in [2.45, 2.75) is 13.0 Å². The van der Waals surface area contributed by atoms with Crippen molar-refractivity contribution < 1.29 is 14.7 Å². The van der Waals surface area contributed by atoms with E-state index in [1.165, 1.54) is 9.80 Å². The molecule has 7 nitrogen and oxygen atoms in total. The van der Waals surface area contributed by atoms with E-state index >= 15 is 0 Å². The zero-order chi connectivity index (χ0) is 13.7. The molecule has 7 heteroatoms. The van der Waals surface area contributed by atoms with Crippen molar-refractivity contribution in [3.8, 4) is 0 Å². The van der Waals surface area contributed by atoms with Crippen LogP contribution in [0.5, 0.6) is 0 Å². The molecule has 0 aliphatic rings. The van der Waals surface area contributed by atoms with Crippen LogP contribution in [0.15, 0.2) is 12.4 Å². The van der Waals surface area contributed by atoms with Gasteiger partial charge >= 0.3 is 12.0 Å². The molecule has 1 heterocycles. The van der Waals surface area contributed by atoms with Gasteiger partial charge in [-0.2, -0.15) is 5.10 Å². The molecular weight excluding hydrogens is 236 g/mol. The number of hydrogen-bond acceptors (Lipinski definition) is 3. The van der Waals surface area contributed by atoms with Gasteiger partial charge in [-0.3, -0.25) is 9.48 Å². The Morgan fingerprint density at radius 2 is 2.06 bits per heavy atom. The van der Waals surface area contributed by atoms with Gasteiger partial charge in [0.25, 0.3) is 0 Å². The Balaban J connectivity index is 2.47. The second kappa shape index (κ2) is 6.04. The van der Waals surface area contributed by atoms with E-state index in [2.05, 4.69) is 5.10 Å². The van der Waals surface area contributed by atoms with Crippen molar-refractivity contribution in [1.29, 1.82) is 0 Å². The number of aryl methyl sites for hydroxylation is 1. The summed E-state index contributed by atoms with van der Waals surface area (Å²) < 4.78 is 1.67. The third kappa shape index (κ3) is 4.08. The van der Waals surface area contributed by atoms with E-state index in [-0.39, 0.29) is 19.0 Å². The van der Waals surface area contributed by atoms with E-state index < -0.39 is 5.97 Å². The van der Waals surface area contributed by atoms with Gasteiger partial charge in [0, 0.05) is 39.4 Å². The minimum absolute atomic E-state index is 0.0526. The molecule has 18 heavy (non-hydrogen) atoms. The molecule has 0 unspecified atom stereocenters. The minimum Gasteiger partial charge on any atom is -0.481 e. The molecule has 100 valence electrons. The first-order valence-electron chi connectivity index (χ1n) is 5.55. The molecule has 0 fully saturated rings. The summed E-state index contributed by atoms with van der Waals surface area (Å²) in [4.78, 5) is 25.2. The van der Waals surface area contributed by atoms with Crippen molar-refractivity contribution >= 4 is 12.0 Å². The fraction of sp³-hybridized carbons (Fsp3) is 0.545. The van der Waals surface area contributed by atoms with E-state index in [4.69, 9.17) is 5.11 Å². The first-order chi connectivity index (χ1) is 8.40. The van der Waals surface area contributed by atoms with Gasteiger partial charge in [-0.05, 0) is 0 Å². The summed E-state index contributed by atoms with van der Waals surface area (Å²) in [7, 11) is 5.07. The van der Waals surface area contributed by atoms with Crippen LogP contribution in [0.25, 0.3) is 0 Å². The molecule has 1 rings (SSSR count). The summed E-state index contributed by atoms with van der Waals surface area (Å²) in [6.07, 6.45) is 3.48. The highest BCUT2D eigenvalue weighted by molar-refractivity contribution is 5.75. The number of carbonyl (C=O) groups excluding carboxylic acids is 1. The van der Waals surface area contributed by atoms with Gasteiger partial charge in [0.15, 0.2) is 0 Å². The number of aromatic nitrogens is 2. The number of carboxylic acids is 1. The van der Waals surface area contributed by atoms with Crippen LogP contribution in [0.3, 0.4) is 0 Å². The monoisotopic (exact) mass is 254 g/mol. The van der Waals surface area contributed by atoms with Crippen LogP contribution < -0.4 is 0 Å². The molecule has 1 aromatic heterocycles. The van der Waals surface area contributed by atoms with Crippen molar-refractivity contribution in [2.75, 3.05) is 20.6 Å². The predicted octanol–water partition coefficient (Wildman–Crippen LogP) is 0.378. The summed E-state index contributed by atoms with van der Waals surface area (Å²) in [5.74, 6) is -0.912. The highest BCUT2D eigenvalue weighted by Crippen LogP contribution is 2.04. The van der Waals surface area contributed by atoms with Crippen molar-refractivity contribution in [1.82, 2.24) is 19.6 Å². The highest BCUT2D eigenvalue weighted by Gasteiger charge is 2.15. The number of amides is 2. The van der Waals surface area contributed by atoms with Crippen LogP contribution >= 0.6 is 0 Å². The lowest BCUT2D eigenvalue weighted by Crippen LogP contribution is -2.39. The standard InChI is InChI=1S/C11H18N4O3/c1-13(5-4-10(16)17)11(18)14(2)7-9-6-12-15(3)8-9/h6,8H,4-5,7H2,1-3H3,(H,16,17). The van der Waals surface area contributed by atoms with Crippen LogP contribution in [0.1, 0.15) is 12.0 Å². The maximum absolute atomic E-state index is 11.9. The lowest BCUT2D eigenvalue weighted by Gasteiger charge is -2.24. The lowest BCUT2D eigenvalue weighted by atomic mass is 10.3. The maximum Gasteiger partial charge on any atom is 0.319 e. The third-order valence-electron chi connectivity index (χ3n) is 2.49. The lowest BCUT2D eigenvalue weighted by molar-refractivity contribution is -0.137. The Hall–Kier alpha value is -2.05. The summed E-state index contributed by atoms with van der Waals surface area (Å²) in [5.41, 5.74) is 0.931. The molecule has 0 bridgehead atoms. The molecule has 0 saturated carbocycles. The highest BCUT2D eigenvalue weighted by atomic mass is 16.4. The zero-order valence-electron chi connectivity index (χ0n) is 10.8. The Labute approximate surface area is 106 Å². The molecular formula is C11H18N4O3. The third-order valence-corrected chi connectivity index (χ3v) is 2.49.